The van der Waals surface area contributed by atoms with Crippen LogP contribution in [-0.4, -0.2) is 68.9 Å². The molecule has 8 nitrogen and oxygen atoms in total. The maximum atomic E-state index is 10.3. The molecule has 0 saturated carbocycles. The van der Waals surface area contributed by atoms with Gasteiger partial charge >= 0.3 is 0 Å². The van der Waals surface area contributed by atoms with Crippen molar-refractivity contribution in [3.8, 4) is 17.2 Å². The van der Waals surface area contributed by atoms with Crippen LogP contribution in [0, 0.1) is 0 Å². The molecule has 180 valence electrons. The second-order valence-electron chi connectivity index (χ2n) is 8.81. The summed E-state index contributed by atoms with van der Waals surface area (Å²) in [5.41, 5.74) is 2.09. The van der Waals surface area contributed by atoms with E-state index < -0.39 is 37.3 Å². The van der Waals surface area contributed by atoms with Crippen LogP contribution in [0.5, 0.6) is 17.2 Å². The fourth-order valence-corrected chi connectivity index (χ4v) is 4.25. The first-order valence-corrected chi connectivity index (χ1v) is 11.5. The van der Waals surface area contributed by atoms with Crippen molar-refractivity contribution in [1.82, 2.24) is 0 Å². The third-order valence-electron chi connectivity index (χ3n) is 6.22. The number of ether oxygens (including phenoxy) is 3. The zero-order valence-corrected chi connectivity index (χ0v) is 18.4. The summed E-state index contributed by atoms with van der Waals surface area (Å²) >= 11 is 0. The highest BCUT2D eigenvalue weighted by atomic mass is 16.7. The van der Waals surface area contributed by atoms with E-state index in [0.29, 0.717) is 17.2 Å². The summed E-state index contributed by atoms with van der Waals surface area (Å²) in [4.78, 5) is 0. The molecule has 6 atom stereocenters. The summed E-state index contributed by atoms with van der Waals surface area (Å²) in [5.74, 6) is 1.58. The monoisotopic (exact) mass is 460 g/mol. The van der Waals surface area contributed by atoms with E-state index in [1.165, 1.54) is 0 Å². The van der Waals surface area contributed by atoms with Gasteiger partial charge in [0.2, 0.25) is 6.29 Å². The van der Waals surface area contributed by atoms with Gasteiger partial charge < -0.3 is 39.7 Å². The lowest BCUT2D eigenvalue weighted by Crippen LogP contribution is -2.60. The molecular weight excluding hydrogens is 428 g/mol. The highest BCUT2D eigenvalue weighted by Gasteiger charge is 2.44. The third kappa shape index (κ3) is 6.03. The Morgan fingerprint density at radius 1 is 0.788 bits per heavy atom. The van der Waals surface area contributed by atoms with E-state index in [0.717, 1.165) is 49.7 Å². The SMILES string of the molecule is OCC1OC(Oc2cc3cc(c2)Oc2ccc(cc2)CCC(O)CCCC3)C(O)C(O)C1O. The summed E-state index contributed by atoms with van der Waals surface area (Å²) in [6, 6.07) is 13.1. The van der Waals surface area contributed by atoms with E-state index in [2.05, 4.69) is 0 Å². The Hall–Kier alpha value is -2.20. The number of hydrogen-bond acceptors (Lipinski definition) is 8. The van der Waals surface area contributed by atoms with Crippen LogP contribution in [0.3, 0.4) is 0 Å². The lowest BCUT2D eigenvalue weighted by Gasteiger charge is -2.39. The highest BCUT2D eigenvalue weighted by molar-refractivity contribution is 5.41. The molecule has 8 heteroatoms. The summed E-state index contributed by atoms with van der Waals surface area (Å²) in [7, 11) is 0. The van der Waals surface area contributed by atoms with E-state index in [1.807, 2.05) is 36.4 Å². The minimum atomic E-state index is -1.51. The minimum absolute atomic E-state index is 0.331. The van der Waals surface area contributed by atoms with Crippen LogP contribution in [0.2, 0.25) is 0 Å². The number of aliphatic hydroxyl groups excluding tert-OH is 5. The summed E-state index contributed by atoms with van der Waals surface area (Å²) < 4.78 is 17.4. The van der Waals surface area contributed by atoms with Crippen LogP contribution in [0.15, 0.2) is 42.5 Å². The molecule has 3 heterocycles. The van der Waals surface area contributed by atoms with Gasteiger partial charge in [0, 0.05) is 6.07 Å². The van der Waals surface area contributed by atoms with E-state index in [9.17, 15) is 25.5 Å². The second-order valence-corrected chi connectivity index (χ2v) is 8.81. The fourth-order valence-electron chi connectivity index (χ4n) is 4.25. The van der Waals surface area contributed by atoms with Gasteiger partial charge in [-0.25, -0.2) is 0 Å². The highest BCUT2D eigenvalue weighted by Crippen LogP contribution is 2.31. The molecule has 4 bridgehead atoms. The van der Waals surface area contributed by atoms with Crippen LogP contribution in [0.1, 0.15) is 36.8 Å². The molecule has 0 spiro atoms. The number of aliphatic hydroxyl groups is 5. The molecule has 1 fully saturated rings. The largest absolute Gasteiger partial charge is 0.462 e. The molecule has 3 aliphatic heterocycles. The minimum Gasteiger partial charge on any atom is -0.462 e. The van der Waals surface area contributed by atoms with Crippen molar-refractivity contribution in [1.29, 1.82) is 0 Å². The Morgan fingerprint density at radius 3 is 2.33 bits per heavy atom. The number of rotatable bonds is 3. The molecule has 2 aromatic rings. The Bertz CT molecular complexity index is 900. The van der Waals surface area contributed by atoms with Crippen molar-refractivity contribution >= 4 is 0 Å². The van der Waals surface area contributed by atoms with Crippen LogP contribution in [0.25, 0.3) is 0 Å². The van der Waals surface area contributed by atoms with E-state index in [-0.39, 0.29) is 6.10 Å². The number of hydrogen-bond donors (Lipinski definition) is 5. The fraction of sp³-hybridized carbons (Fsp3) is 0.520. The number of fused-ring (bicyclic) bond motifs is 8. The van der Waals surface area contributed by atoms with E-state index in [1.54, 1.807) is 6.07 Å². The van der Waals surface area contributed by atoms with Crippen molar-refractivity contribution in [2.45, 2.75) is 75.3 Å². The quantitative estimate of drug-likeness (QED) is 0.468. The predicted molar refractivity (Wildman–Crippen MR) is 119 cm³/mol. The molecule has 5 N–H and O–H groups in total. The van der Waals surface area contributed by atoms with Crippen LogP contribution < -0.4 is 9.47 Å². The van der Waals surface area contributed by atoms with Gasteiger partial charge in [0.05, 0.1) is 12.7 Å². The predicted octanol–water partition coefficient (Wildman–Crippen LogP) is 1.68. The summed E-state index contributed by atoms with van der Waals surface area (Å²) in [6.07, 6.45) is -2.33. The first-order chi connectivity index (χ1) is 15.9. The molecule has 3 aliphatic rings. The van der Waals surface area contributed by atoms with Crippen LogP contribution in [0.4, 0.5) is 0 Å². The van der Waals surface area contributed by atoms with Crippen molar-refractivity contribution in [3.63, 3.8) is 0 Å². The third-order valence-corrected chi connectivity index (χ3v) is 6.22. The van der Waals surface area contributed by atoms with Gasteiger partial charge in [0.1, 0.15) is 41.7 Å². The number of benzene rings is 2. The van der Waals surface area contributed by atoms with Crippen molar-refractivity contribution in [2.75, 3.05) is 6.61 Å². The maximum Gasteiger partial charge on any atom is 0.229 e. The van der Waals surface area contributed by atoms with Gasteiger partial charge in [-0.3, -0.25) is 0 Å². The molecule has 6 unspecified atom stereocenters. The molecule has 0 amide bonds. The van der Waals surface area contributed by atoms with E-state index in [4.69, 9.17) is 14.2 Å². The molecule has 0 aromatic heterocycles. The molecule has 5 rings (SSSR count). The average molecular weight is 461 g/mol. The zero-order chi connectivity index (χ0) is 23.4. The zero-order valence-electron chi connectivity index (χ0n) is 18.4. The normalized spacial score (nSPS) is 30.7. The first kappa shape index (κ1) is 23.9. The molecular formula is C25H32O8. The molecule has 0 aliphatic carbocycles. The van der Waals surface area contributed by atoms with Gasteiger partial charge in [-0.1, -0.05) is 18.6 Å². The van der Waals surface area contributed by atoms with Crippen molar-refractivity contribution in [3.05, 3.63) is 53.6 Å². The molecule has 1 saturated heterocycles. The van der Waals surface area contributed by atoms with Gasteiger partial charge in [-0.05, 0) is 67.5 Å². The summed E-state index contributed by atoms with van der Waals surface area (Å²) in [6.45, 7) is -0.527. The Balaban J connectivity index is 1.57. The van der Waals surface area contributed by atoms with Gasteiger partial charge in [0.15, 0.2) is 0 Å². The van der Waals surface area contributed by atoms with Crippen LogP contribution in [-0.2, 0) is 17.6 Å². The molecule has 33 heavy (non-hydrogen) atoms. The van der Waals surface area contributed by atoms with Crippen molar-refractivity contribution < 1.29 is 39.7 Å². The summed E-state index contributed by atoms with van der Waals surface area (Å²) in [5, 5.41) is 50.0. The van der Waals surface area contributed by atoms with Crippen LogP contribution >= 0.6 is 0 Å². The van der Waals surface area contributed by atoms with Crippen molar-refractivity contribution in [2.24, 2.45) is 0 Å². The molecule has 2 aromatic carbocycles. The van der Waals surface area contributed by atoms with Gasteiger partial charge in [0.25, 0.3) is 0 Å². The first-order valence-electron chi connectivity index (χ1n) is 11.5. The smallest absolute Gasteiger partial charge is 0.229 e. The van der Waals surface area contributed by atoms with Gasteiger partial charge in [-0.2, -0.15) is 0 Å². The Labute approximate surface area is 193 Å². The lowest BCUT2D eigenvalue weighted by molar-refractivity contribution is -0.277. The molecule has 0 radical (unpaired) electrons. The second kappa shape index (κ2) is 10.8. The standard InChI is InChI=1S/C25H32O8/c26-14-21-22(28)23(29)24(30)25(33-21)32-20-12-16-3-1-2-4-17(27)8-5-15-6-9-18(10-7-15)31-19(11-16)13-20/h6-7,9-13,17,21-30H,1-5,8,14H2. The average Bonchev–Trinajstić information content (AvgIpc) is 2.82. The van der Waals surface area contributed by atoms with E-state index >= 15 is 0 Å². The topological polar surface area (TPSA) is 129 Å². The Morgan fingerprint density at radius 2 is 1.58 bits per heavy atom. The van der Waals surface area contributed by atoms with Gasteiger partial charge in [-0.15, -0.1) is 0 Å². The lowest BCUT2D eigenvalue weighted by atomic mass is 9.99. The Kier molecular flexibility index (Phi) is 7.85. The number of aryl methyl sites for hydroxylation is 2. The maximum absolute atomic E-state index is 10.3.